The van der Waals surface area contributed by atoms with Crippen LogP contribution >= 0.6 is 11.6 Å². The first-order valence-corrected chi connectivity index (χ1v) is 19.1. The Morgan fingerprint density at radius 2 is 1.54 bits per heavy atom. The van der Waals surface area contributed by atoms with Crippen LogP contribution in [0.1, 0.15) is 81.6 Å². The molecule has 0 aliphatic heterocycles. The van der Waals surface area contributed by atoms with Crippen LogP contribution in [0.2, 0.25) is 18.1 Å². The molecular weight excluding hydrogens is 620 g/mol. The van der Waals surface area contributed by atoms with E-state index in [9.17, 15) is 19.5 Å². The Morgan fingerprint density at radius 1 is 0.935 bits per heavy atom. The Balaban J connectivity index is 5.26. The van der Waals surface area contributed by atoms with Crippen LogP contribution in [0.4, 0.5) is 0 Å². The number of aliphatic hydroxyl groups is 1. The summed E-state index contributed by atoms with van der Waals surface area (Å²) in [6.07, 6.45) is 17.6. The smallest absolute Gasteiger partial charge is 0.330 e. The number of aliphatic hydroxyl groups excluding tert-OH is 1. The van der Waals surface area contributed by atoms with Crippen molar-refractivity contribution < 1.29 is 28.7 Å². The molecule has 0 spiro atoms. The van der Waals surface area contributed by atoms with Gasteiger partial charge in [-0.05, 0) is 62.9 Å². The maximum atomic E-state index is 13.1. The predicted octanol–water partition coefficient (Wildman–Crippen LogP) is 7.64. The Hall–Kier alpha value is -2.72. The van der Waals surface area contributed by atoms with Gasteiger partial charge >= 0.3 is 5.97 Å². The average Bonchev–Trinajstić information content (AvgIpc) is 2.92. The number of halogens is 1. The normalized spacial score (nSPS) is 16.7. The fourth-order valence-electron chi connectivity index (χ4n) is 3.91. The molecule has 0 saturated heterocycles. The minimum atomic E-state index is -2.01. The number of amides is 2. The fourth-order valence-corrected chi connectivity index (χ4v) is 5.38. The Morgan fingerprint density at radius 3 is 2.09 bits per heavy atom. The van der Waals surface area contributed by atoms with Gasteiger partial charge in [0.05, 0.1) is 19.3 Å². The molecule has 0 aromatic rings. The molecule has 0 saturated carbocycles. The monoisotopic (exact) mass is 678 g/mol. The number of carbonyl (C=O) groups is 3. The van der Waals surface area contributed by atoms with Crippen LogP contribution in [-0.2, 0) is 23.5 Å². The van der Waals surface area contributed by atoms with Crippen LogP contribution in [0.5, 0.6) is 0 Å². The molecule has 260 valence electrons. The first-order valence-electron chi connectivity index (χ1n) is 15.8. The van der Waals surface area contributed by atoms with Crippen molar-refractivity contribution in [2.24, 2.45) is 11.3 Å². The van der Waals surface area contributed by atoms with E-state index in [1.54, 1.807) is 24.4 Å². The highest BCUT2D eigenvalue weighted by Crippen LogP contribution is 2.38. The summed E-state index contributed by atoms with van der Waals surface area (Å²) >= 11 is 6.09. The molecule has 10 heteroatoms. The molecule has 0 rings (SSSR count). The number of hydrogen-bond acceptors (Lipinski definition) is 6. The number of esters is 1. The number of rotatable bonds is 17. The maximum Gasteiger partial charge on any atom is 0.330 e. The number of methoxy groups -OCH3 is 1. The topological polar surface area (TPSA) is 114 Å². The minimum absolute atomic E-state index is 0.0649. The van der Waals surface area contributed by atoms with Crippen LogP contribution in [0.15, 0.2) is 71.5 Å². The van der Waals surface area contributed by atoms with Crippen molar-refractivity contribution in [3.05, 3.63) is 71.5 Å². The molecule has 0 fully saturated rings. The van der Waals surface area contributed by atoms with Crippen molar-refractivity contribution in [2.75, 3.05) is 7.11 Å². The van der Waals surface area contributed by atoms with Gasteiger partial charge in [-0.1, -0.05) is 108 Å². The summed E-state index contributed by atoms with van der Waals surface area (Å²) in [6, 6.07) is -0.767. The highest BCUT2D eigenvalue weighted by Gasteiger charge is 2.38. The fraction of sp³-hybridized carbons (Fsp3) is 0.583. The molecule has 8 nitrogen and oxygen atoms in total. The van der Waals surface area contributed by atoms with Crippen molar-refractivity contribution in [3.8, 4) is 0 Å². The van der Waals surface area contributed by atoms with Crippen molar-refractivity contribution >= 4 is 37.7 Å². The molecular formula is C36H59ClN2O6Si. The molecule has 0 unspecified atom stereocenters. The number of allylic oxidation sites excluding steroid dienone is 5. The molecule has 46 heavy (non-hydrogen) atoms. The Labute approximate surface area is 284 Å². The van der Waals surface area contributed by atoms with E-state index < -0.39 is 37.8 Å². The lowest BCUT2D eigenvalue weighted by molar-refractivity contribution is -0.134. The summed E-state index contributed by atoms with van der Waals surface area (Å²) in [7, 11) is -0.705. The van der Waals surface area contributed by atoms with E-state index in [1.165, 1.54) is 19.3 Å². The van der Waals surface area contributed by atoms with E-state index in [4.69, 9.17) is 16.0 Å². The molecule has 0 aromatic carbocycles. The summed E-state index contributed by atoms with van der Waals surface area (Å²) in [4.78, 5) is 37.0. The van der Waals surface area contributed by atoms with Crippen LogP contribution in [0.3, 0.4) is 0 Å². The van der Waals surface area contributed by atoms with Gasteiger partial charge in [-0.25, -0.2) is 4.79 Å². The molecule has 3 N–H and O–H groups in total. The van der Waals surface area contributed by atoms with E-state index in [0.717, 1.165) is 5.57 Å². The molecule has 0 heterocycles. The highest BCUT2D eigenvalue weighted by molar-refractivity contribution is 6.74. The SMILES string of the molecule is COC(=O)/C=C/C[C@H](O)[C@@H](C)/C=C(C)/C=C\C=C/C(=O)N[C@H](C(=O)N/C=C\C[C@H](C/C=C(\C)Cl)O[Si](C)(C)C(C)(C)C)C(C)(C)C. The van der Waals surface area contributed by atoms with Gasteiger partial charge in [0, 0.05) is 23.1 Å². The van der Waals surface area contributed by atoms with Crippen LogP contribution in [-0.4, -0.2) is 56.6 Å². The third-order valence-electron chi connectivity index (χ3n) is 7.77. The van der Waals surface area contributed by atoms with Gasteiger partial charge < -0.3 is 24.9 Å². The van der Waals surface area contributed by atoms with Gasteiger partial charge in [0.2, 0.25) is 11.8 Å². The molecule has 0 aliphatic carbocycles. The van der Waals surface area contributed by atoms with E-state index in [1.807, 2.05) is 65.8 Å². The lowest BCUT2D eigenvalue weighted by Gasteiger charge is -2.39. The number of nitrogens with one attached hydrogen (secondary N) is 2. The predicted molar refractivity (Wildman–Crippen MR) is 193 cm³/mol. The quantitative estimate of drug-likeness (QED) is 0.0631. The van der Waals surface area contributed by atoms with Crippen LogP contribution in [0, 0.1) is 11.3 Å². The Bertz CT molecular complexity index is 1170. The second-order valence-electron chi connectivity index (χ2n) is 14.2. The minimum Gasteiger partial charge on any atom is -0.466 e. The third-order valence-corrected chi connectivity index (χ3v) is 12.5. The largest absolute Gasteiger partial charge is 0.466 e. The van der Waals surface area contributed by atoms with Gasteiger partial charge in [-0.2, -0.15) is 0 Å². The van der Waals surface area contributed by atoms with Crippen LogP contribution < -0.4 is 10.6 Å². The zero-order chi connectivity index (χ0) is 35.7. The molecule has 0 aliphatic rings. The first-order chi connectivity index (χ1) is 21.1. The number of carbonyl (C=O) groups excluding carboxylic acids is 3. The standard InChI is InChI=1S/C36H59ClN2O6Si/c1-26(25-27(2)30(40)19-15-21-32(42)44-10)17-13-14-20-31(41)39-33(35(4,5)6)34(43)38-24-16-18-29(23-22-28(3)37)45-46(11,12)36(7,8)9/h13-17,20-22,24-25,27,29-30,33,40H,18-19,23H2,1-12H3,(H,38,43)(H,39,41)/b17-13-,20-14-,21-15+,24-16-,26-25+,28-22+/t27-,29+,30-,33+/m0/s1. The summed E-state index contributed by atoms with van der Waals surface area (Å²) in [5, 5.41) is 16.7. The lowest BCUT2D eigenvalue weighted by Crippen LogP contribution is -2.52. The summed E-state index contributed by atoms with van der Waals surface area (Å²) in [5.41, 5.74) is 0.369. The molecule has 0 bridgehead atoms. The molecule has 4 atom stereocenters. The zero-order valence-corrected chi connectivity index (χ0v) is 31.8. The van der Waals surface area contributed by atoms with Gasteiger partial charge in [0.25, 0.3) is 0 Å². The number of hydrogen-bond donors (Lipinski definition) is 3. The lowest BCUT2D eigenvalue weighted by atomic mass is 9.86. The van der Waals surface area contributed by atoms with Crippen LogP contribution in [0.25, 0.3) is 0 Å². The highest BCUT2D eigenvalue weighted by atomic mass is 35.5. The van der Waals surface area contributed by atoms with E-state index in [-0.39, 0.29) is 23.0 Å². The molecule has 2 amide bonds. The summed E-state index contributed by atoms with van der Waals surface area (Å²) in [5.74, 6) is -1.32. The average molecular weight is 679 g/mol. The maximum absolute atomic E-state index is 13.1. The van der Waals surface area contributed by atoms with Gasteiger partial charge in [0.15, 0.2) is 8.32 Å². The van der Waals surface area contributed by atoms with Gasteiger partial charge in [0.1, 0.15) is 6.04 Å². The summed E-state index contributed by atoms with van der Waals surface area (Å²) in [6.45, 7) is 22.3. The van der Waals surface area contributed by atoms with Crippen molar-refractivity contribution in [2.45, 2.75) is 118 Å². The Kier molecular flexibility index (Phi) is 19.3. The van der Waals surface area contributed by atoms with Crippen molar-refractivity contribution in [3.63, 3.8) is 0 Å². The second-order valence-corrected chi connectivity index (χ2v) is 19.6. The van der Waals surface area contributed by atoms with Gasteiger partial charge in [-0.15, -0.1) is 0 Å². The van der Waals surface area contributed by atoms with Gasteiger partial charge in [-0.3, -0.25) is 9.59 Å². The summed E-state index contributed by atoms with van der Waals surface area (Å²) < 4.78 is 11.1. The molecule has 0 radical (unpaired) electrons. The third kappa shape index (κ3) is 18.4. The molecule has 0 aromatic heterocycles. The van der Waals surface area contributed by atoms with Crippen molar-refractivity contribution in [1.29, 1.82) is 0 Å². The van der Waals surface area contributed by atoms with E-state index in [2.05, 4.69) is 49.2 Å². The second kappa shape index (κ2) is 20.5. The number of ether oxygens (including phenoxy) is 1. The zero-order valence-electron chi connectivity index (χ0n) is 30.1. The first kappa shape index (κ1) is 43.3. The van der Waals surface area contributed by atoms with Crippen molar-refractivity contribution in [1.82, 2.24) is 10.6 Å². The van der Waals surface area contributed by atoms with E-state index >= 15 is 0 Å². The van der Waals surface area contributed by atoms with E-state index in [0.29, 0.717) is 24.3 Å².